The number of aromatic carboxylic acids is 1. The van der Waals surface area contributed by atoms with Crippen LogP contribution in [0.3, 0.4) is 0 Å². The number of hydrogen-bond acceptors (Lipinski definition) is 5. The Labute approximate surface area is 113 Å². The van der Waals surface area contributed by atoms with Gasteiger partial charge in [0.25, 0.3) is 0 Å². The summed E-state index contributed by atoms with van der Waals surface area (Å²) in [5.41, 5.74) is 0.751. The van der Waals surface area contributed by atoms with Crippen LogP contribution in [0.1, 0.15) is 10.4 Å². The number of pyridine rings is 1. The standard InChI is InChI=1S/C14H9N3O3/c18-14(19)10-5-6-15-7-12(10)20-13-9-3-1-2-4-11(9)16-8-17-13/h1-8H,(H,18,19). The number of hydrogen-bond donors (Lipinski definition) is 1. The molecule has 0 amide bonds. The zero-order chi connectivity index (χ0) is 13.9. The summed E-state index contributed by atoms with van der Waals surface area (Å²) in [5.74, 6) is -0.643. The van der Waals surface area contributed by atoms with Gasteiger partial charge in [-0.1, -0.05) is 12.1 Å². The van der Waals surface area contributed by atoms with Crippen molar-refractivity contribution in [3.63, 3.8) is 0 Å². The smallest absolute Gasteiger partial charge is 0.339 e. The second kappa shape index (κ2) is 4.93. The van der Waals surface area contributed by atoms with Gasteiger partial charge in [-0.15, -0.1) is 0 Å². The van der Waals surface area contributed by atoms with E-state index in [0.717, 1.165) is 5.52 Å². The van der Waals surface area contributed by atoms with Crippen LogP contribution in [0, 0.1) is 0 Å². The maximum Gasteiger partial charge on any atom is 0.339 e. The van der Waals surface area contributed by atoms with Crippen molar-refractivity contribution >= 4 is 16.9 Å². The molecule has 0 atom stereocenters. The number of nitrogens with zero attached hydrogens (tertiary/aromatic N) is 3. The summed E-state index contributed by atoms with van der Waals surface area (Å²) >= 11 is 0. The predicted octanol–water partition coefficient (Wildman–Crippen LogP) is 2.52. The van der Waals surface area contributed by atoms with E-state index in [2.05, 4.69) is 15.0 Å². The lowest BCUT2D eigenvalue weighted by Crippen LogP contribution is -2.01. The van der Waals surface area contributed by atoms with Crippen molar-refractivity contribution in [2.45, 2.75) is 0 Å². The average molecular weight is 267 g/mol. The normalized spacial score (nSPS) is 10.4. The van der Waals surface area contributed by atoms with Gasteiger partial charge in [0.05, 0.1) is 17.1 Å². The monoisotopic (exact) mass is 267 g/mol. The molecule has 2 heterocycles. The number of benzene rings is 1. The van der Waals surface area contributed by atoms with E-state index >= 15 is 0 Å². The fraction of sp³-hybridized carbons (Fsp3) is 0. The third kappa shape index (κ3) is 2.14. The van der Waals surface area contributed by atoms with E-state index in [-0.39, 0.29) is 11.3 Å². The van der Waals surface area contributed by atoms with Crippen molar-refractivity contribution in [2.24, 2.45) is 0 Å². The van der Waals surface area contributed by atoms with Crippen molar-refractivity contribution in [1.82, 2.24) is 15.0 Å². The Morgan fingerprint density at radius 1 is 1.15 bits per heavy atom. The molecule has 2 aromatic heterocycles. The lowest BCUT2D eigenvalue weighted by Gasteiger charge is -2.08. The number of aromatic nitrogens is 3. The van der Waals surface area contributed by atoms with Crippen LogP contribution in [-0.2, 0) is 0 Å². The van der Waals surface area contributed by atoms with Gasteiger partial charge in [-0.25, -0.2) is 14.8 Å². The van der Waals surface area contributed by atoms with Crippen LogP contribution in [0.25, 0.3) is 10.9 Å². The first-order chi connectivity index (χ1) is 9.75. The lowest BCUT2D eigenvalue weighted by molar-refractivity contribution is 0.0694. The predicted molar refractivity (Wildman–Crippen MR) is 70.8 cm³/mol. The quantitative estimate of drug-likeness (QED) is 0.784. The maximum absolute atomic E-state index is 11.1. The van der Waals surface area contributed by atoms with E-state index in [9.17, 15) is 4.79 Å². The summed E-state index contributed by atoms with van der Waals surface area (Å²) in [7, 11) is 0. The summed E-state index contributed by atoms with van der Waals surface area (Å²) in [6, 6.07) is 8.69. The van der Waals surface area contributed by atoms with Gasteiger partial charge in [0.15, 0.2) is 5.75 Å². The molecule has 0 spiro atoms. The Balaban J connectivity index is 2.08. The third-order valence-corrected chi connectivity index (χ3v) is 2.73. The molecule has 0 bridgehead atoms. The van der Waals surface area contributed by atoms with E-state index in [1.54, 1.807) is 0 Å². The molecule has 0 aliphatic carbocycles. The molecule has 0 aliphatic rings. The number of rotatable bonds is 3. The highest BCUT2D eigenvalue weighted by Crippen LogP contribution is 2.28. The SMILES string of the molecule is O=C(O)c1ccncc1Oc1ncnc2ccccc12. The molecule has 0 unspecified atom stereocenters. The largest absolute Gasteiger partial charge is 0.478 e. The second-order valence-electron chi connectivity index (χ2n) is 3.98. The number of carbonyl (C=O) groups is 1. The Kier molecular flexibility index (Phi) is 2.96. The first-order valence-corrected chi connectivity index (χ1v) is 5.80. The maximum atomic E-state index is 11.1. The number of carboxylic acid groups (broad SMARTS) is 1. The lowest BCUT2D eigenvalue weighted by atomic mass is 10.2. The zero-order valence-corrected chi connectivity index (χ0v) is 10.2. The van der Waals surface area contributed by atoms with Crippen LogP contribution >= 0.6 is 0 Å². The number of carboxylic acids is 1. The molecule has 0 aliphatic heterocycles. The molecular weight excluding hydrogens is 258 g/mol. The van der Waals surface area contributed by atoms with Crippen LogP contribution < -0.4 is 4.74 Å². The minimum Gasteiger partial charge on any atom is -0.478 e. The molecule has 20 heavy (non-hydrogen) atoms. The first-order valence-electron chi connectivity index (χ1n) is 5.80. The Morgan fingerprint density at radius 2 is 2.00 bits per heavy atom. The van der Waals surface area contributed by atoms with E-state index in [1.807, 2.05) is 24.3 Å². The fourth-order valence-electron chi connectivity index (χ4n) is 1.80. The molecule has 3 rings (SSSR count). The van der Waals surface area contributed by atoms with Gasteiger partial charge < -0.3 is 9.84 Å². The molecule has 1 N–H and O–H groups in total. The van der Waals surface area contributed by atoms with Gasteiger partial charge in [0.1, 0.15) is 11.9 Å². The Morgan fingerprint density at radius 3 is 2.85 bits per heavy atom. The number of ether oxygens (including phenoxy) is 1. The van der Waals surface area contributed by atoms with Crippen LogP contribution in [0.2, 0.25) is 0 Å². The van der Waals surface area contributed by atoms with Crippen molar-refractivity contribution in [3.05, 3.63) is 54.6 Å². The van der Waals surface area contributed by atoms with Crippen LogP contribution in [0.5, 0.6) is 11.6 Å². The van der Waals surface area contributed by atoms with Crippen LogP contribution in [-0.4, -0.2) is 26.0 Å². The topological polar surface area (TPSA) is 85.2 Å². The molecule has 0 fully saturated rings. The molecule has 0 saturated carbocycles. The zero-order valence-electron chi connectivity index (χ0n) is 10.2. The Bertz CT molecular complexity index is 784. The molecular formula is C14H9N3O3. The van der Waals surface area contributed by atoms with Crippen molar-refractivity contribution in [1.29, 1.82) is 0 Å². The summed E-state index contributed by atoms with van der Waals surface area (Å²) in [5, 5.41) is 9.82. The Hall–Kier alpha value is -3.02. The minimum atomic E-state index is -1.08. The van der Waals surface area contributed by atoms with Gasteiger partial charge in [0, 0.05) is 6.20 Å². The van der Waals surface area contributed by atoms with E-state index in [0.29, 0.717) is 11.3 Å². The molecule has 0 radical (unpaired) electrons. The molecule has 1 aromatic carbocycles. The van der Waals surface area contributed by atoms with Gasteiger partial charge in [0.2, 0.25) is 5.88 Å². The summed E-state index contributed by atoms with van der Waals surface area (Å²) in [6.45, 7) is 0. The van der Waals surface area contributed by atoms with Crippen molar-refractivity contribution < 1.29 is 14.6 Å². The van der Waals surface area contributed by atoms with E-state index in [4.69, 9.17) is 9.84 Å². The van der Waals surface area contributed by atoms with E-state index < -0.39 is 5.97 Å². The molecule has 3 aromatic rings. The highest BCUT2D eigenvalue weighted by atomic mass is 16.5. The average Bonchev–Trinajstić information content (AvgIpc) is 2.48. The first kappa shape index (κ1) is 12.0. The highest BCUT2D eigenvalue weighted by Gasteiger charge is 2.13. The fourth-order valence-corrected chi connectivity index (χ4v) is 1.80. The molecule has 6 nitrogen and oxygen atoms in total. The van der Waals surface area contributed by atoms with Crippen molar-refractivity contribution in [2.75, 3.05) is 0 Å². The van der Waals surface area contributed by atoms with Crippen LogP contribution in [0.4, 0.5) is 0 Å². The van der Waals surface area contributed by atoms with Crippen LogP contribution in [0.15, 0.2) is 49.1 Å². The number of para-hydroxylation sites is 1. The third-order valence-electron chi connectivity index (χ3n) is 2.73. The van der Waals surface area contributed by atoms with Crippen molar-refractivity contribution in [3.8, 4) is 11.6 Å². The van der Waals surface area contributed by atoms with Gasteiger partial charge in [-0.05, 0) is 18.2 Å². The van der Waals surface area contributed by atoms with Gasteiger partial charge in [-0.3, -0.25) is 4.98 Å². The second-order valence-corrected chi connectivity index (χ2v) is 3.98. The molecule has 6 heteroatoms. The molecule has 98 valence electrons. The highest BCUT2D eigenvalue weighted by molar-refractivity contribution is 5.91. The van der Waals surface area contributed by atoms with Gasteiger partial charge >= 0.3 is 5.97 Å². The van der Waals surface area contributed by atoms with E-state index in [1.165, 1.54) is 24.8 Å². The minimum absolute atomic E-state index is 0.0303. The molecule has 0 saturated heterocycles. The number of fused-ring (bicyclic) bond motifs is 1. The summed E-state index contributed by atoms with van der Waals surface area (Å²) in [4.78, 5) is 23.2. The summed E-state index contributed by atoms with van der Waals surface area (Å²) < 4.78 is 5.59. The summed E-state index contributed by atoms with van der Waals surface area (Å²) in [6.07, 6.45) is 4.11. The van der Waals surface area contributed by atoms with Gasteiger partial charge in [-0.2, -0.15) is 0 Å².